The second-order valence-electron chi connectivity index (χ2n) is 10.1. The van der Waals surface area contributed by atoms with Crippen molar-refractivity contribution in [3.8, 4) is 0 Å². The van der Waals surface area contributed by atoms with Gasteiger partial charge in [-0.05, 0) is 24.2 Å². The van der Waals surface area contributed by atoms with E-state index >= 15 is 9.13 Å². The van der Waals surface area contributed by atoms with Crippen LogP contribution in [0.1, 0.15) is 19.8 Å². The summed E-state index contributed by atoms with van der Waals surface area (Å²) in [6, 6.07) is 39.6. The van der Waals surface area contributed by atoms with Gasteiger partial charge in [-0.1, -0.05) is 128 Å². The van der Waals surface area contributed by atoms with Crippen LogP contribution in [-0.4, -0.2) is 12.3 Å². The van der Waals surface area contributed by atoms with Gasteiger partial charge < -0.3 is 9.13 Å². The van der Waals surface area contributed by atoms with Gasteiger partial charge in [-0.3, -0.25) is 0 Å². The summed E-state index contributed by atoms with van der Waals surface area (Å²) in [4.78, 5) is 0. The number of benzene rings is 4. The zero-order valence-electron chi connectivity index (χ0n) is 20.2. The van der Waals surface area contributed by atoms with Crippen molar-refractivity contribution in [3.63, 3.8) is 0 Å². The van der Waals surface area contributed by atoms with E-state index in [0.717, 1.165) is 34.1 Å². The van der Waals surface area contributed by atoms with Crippen molar-refractivity contribution in [1.29, 1.82) is 0 Å². The lowest BCUT2D eigenvalue weighted by molar-refractivity contribution is 0.356. The van der Waals surface area contributed by atoms with Crippen LogP contribution in [0.3, 0.4) is 0 Å². The van der Waals surface area contributed by atoms with Gasteiger partial charge in [-0.2, -0.15) is 0 Å². The smallest absolute Gasteiger partial charge is 0.143 e. The standard InChI is InChI=1S/C31H32O2P2/c1-31(26-22-23-26,24-34(32,27-14-6-2-7-15-27)28-16-8-3-9-17-28)25-35(33,29-18-10-4-11-19-29)30-20-12-5-13-21-30/h2-21,26H,22-25H2,1H3. The van der Waals surface area contributed by atoms with Gasteiger partial charge in [0.25, 0.3) is 0 Å². The van der Waals surface area contributed by atoms with E-state index in [4.69, 9.17) is 0 Å². The fraction of sp³-hybridized carbons (Fsp3) is 0.226. The van der Waals surface area contributed by atoms with E-state index in [1.54, 1.807) is 0 Å². The highest BCUT2D eigenvalue weighted by molar-refractivity contribution is 7.79. The predicted molar refractivity (Wildman–Crippen MR) is 150 cm³/mol. The van der Waals surface area contributed by atoms with E-state index in [0.29, 0.717) is 18.2 Å². The molecule has 4 aromatic rings. The van der Waals surface area contributed by atoms with Crippen molar-refractivity contribution in [2.75, 3.05) is 12.3 Å². The third-order valence-corrected chi connectivity index (χ3v) is 14.3. The lowest BCUT2D eigenvalue weighted by Gasteiger charge is -2.37. The molecule has 0 atom stereocenters. The minimum Gasteiger partial charge on any atom is -0.314 e. The lowest BCUT2D eigenvalue weighted by Crippen LogP contribution is -2.36. The molecule has 1 saturated carbocycles. The van der Waals surface area contributed by atoms with Gasteiger partial charge in [-0.15, -0.1) is 0 Å². The Labute approximate surface area is 209 Å². The molecular weight excluding hydrogens is 466 g/mol. The summed E-state index contributed by atoms with van der Waals surface area (Å²) in [5.41, 5.74) is -0.331. The first-order valence-corrected chi connectivity index (χ1v) is 16.1. The Hall–Kier alpha value is -2.66. The molecule has 1 aliphatic rings. The summed E-state index contributed by atoms with van der Waals surface area (Å²) >= 11 is 0. The van der Waals surface area contributed by atoms with Gasteiger partial charge in [0.05, 0.1) is 0 Å². The Morgan fingerprint density at radius 2 is 0.800 bits per heavy atom. The summed E-state index contributed by atoms with van der Waals surface area (Å²) < 4.78 is 30.1. The van der Waals surface area contributed by atoms with Crippen LogP contribution in [0.2, 0.25) is 0 Å². The van der Waals surface area contributed by atoms with Crippen LogP contribution < -0.4 is 21.2 Å². The van der Waals surface area contributed by atoms with Crippen molar-refractivity contribution >= 4 is 35.5 Å². The highest BCUT2D eigenvalue weighted by Gasteiger charge is 2.50. The van der Waals surface area contributed by atoms with Crippen molar-refractivity contribution in [2.45, 2.75) is 19.8 Å². The quantitative estimate of drug-likeness (QED) is 0.249. The van der Waals surface area contributed by atoms with E-state index in [1.165, 1.54) is 0 Å². The Morgan fingerprint density at radius 1 is 0.543 bits per heavy atom. The van der Waals surface area contributed by atoms with Gasteiger partial charge in [0.2, 0.25) is 0 Å². The van der Waals surface area contributed by atoms with Crippen molar-refractivity contribution in [3.05, 3.63) is 121 Å². The molecule has 0 heterocycles. The Morgan fingerprint density at radius 3 is 1.03 bits per heavy atom. The SMILES string of the molecule is CC(CP(=O)(c1ccccc1)c1ccccc1)(CP(=O)(c1ccccc1)c1ccccc1)C1CC1. The summed E-state index contributed by atoms with van der Waals surface area (Å²) in [6.45, 7) is 2.24. The largest absolute Gasteiger partial charge is 0.314 e. The molecule has 0 unspecified atom stereocenters. The maximum absolute atomic E-state index is 15.0. The molecule has 0 N–H and O–H groups in total. The minimum atomic E-state index is -2.95. The fourth-order valence-corrected chi connectivity index (χ4v) is 12.3. The van der Waals surface area contributed by atoms with E-state index in [1.807, 2.05) is 121 Å². The average molecular weight is 499 g/mol. The first-order valence-electron chi connectivity index (χ1n) is 12.3. The molecule has 4 aromatic carbocycles. The third-order valence-electron chi connectivity index (χ3n) is 7.42. The lowest BCUT2D eigenvalue weighted by atomic mass is 9.89. The molecule has 0 aromatic heterocycles. The van der Waals surface area contributed by atoms with Crippen LogP contribution in [0.25, 0.3) is 0 Å². The summed E-state index contributed by atoms with van der Waals surface area (Å²) in [7, 11) is -5.90. The summed E-state index contributed by atoms with van der Waals surface area (Å²) in [6.07, 6.45) is 3.23. The molecule has 178 valence electrons. The van der Waals surface area contributed by atoms with E-state index in [-0.39, 0.29) is 5.41 Å². The fourth-order valence-electron chi connectivity index (χ4n) is 5.44. The number of hydrogen-bond donors (Lipinski definition) is 0. The van der Waals surface area contributed by atoms with E-state index in [9.17, 15) is 0 Å². The van der Waals surface area contributed by atoms with Crippen LogP contribution in [0.15, 0.2) is 121 Å². The van der Waals surface area contributed by atoms with Crippen molar-refractivity contribution in [2.24, 2.45) is 11.3 Å². The normalized spacial score (nSPS) is 14.5. The van der Waals surface area contributed by atoms with Crippen LogP contribution in [0.4, 0.5) is 0 Å². The van der Waals surface area contributed by atoms with Gasteiger partial charge >= 0.3 is 0 Å². The van der Waals surface area contributed by atoms with Crippen molar-refractivity contribution in [1.82, 2.24) is 0 Å². The number of rotatable bonds is 9. The van der Waals surface area contributed by atoms with Gasteiger partial charge in [-0.25, -0.2) is 0 Å². The third kappa shape index (κ3) is 4.88. The highest BCUT2D eigenvalue weighted by Crippen LogP contribution is 2.61. The molecule has 35 heavy (non-hydrogen) atoms. The highest BCUT2D eigenvalue weighted by atomic mass is 31.2. The van der Waals surface area contributed by atoms with E-state index < -0.39 is 14.3 Å². The molecule has 5 rings (SSSR count). The molecule has 0 bridgehead atoms. The van der Waals surface area contributed by atoms with Crippen LogP contribution in [0.5, 0.6) is 0 Å². The van der Waals surface area contributed by atoms with E-state index in [2.05, 4.69) is 6.92 Å². The van der Waals surface area contributed by atoms with Crippen molar-refractivity contribution < 1.29 is 9.13 Å². The maximum Gasteiger partial charge on any atom is 0.143 e. The second kappa shape index (κ2) is 9.77. The molecule has 1 aliphatic carbocycles. The summed E-state index contributed by atoms with van der Waals surface area (Å²) in [5.74, 6) is 0.420. The molecule has 2 nitrogen and oxygen atoms in total. The monoisotopic (exact) mass is 498 g/mol. The van der Waals surface area contributed by atoms with Crippen LogP contribution >= 0.6 is 14.3 Å². The summed E-state index contributed by atoms with van der Waals surface area (Å²) in [5, 5.41) is 3.53. The second-order valence-corrected chi connectivity index (χ2v) is 15.7. The molecule has 0 saturated heterocycles. The number of hydrogen-bond acceptors (Lipinski definition) is 2. The first-order chi connectivity index (χ1) is 16.9. The average Bonchev–Trinajstić information content (AvgIpc) is 3.77. The Bertz CT molecular complexity index is 1160. The van der Waals surface area contributed by atoms with Crippen LogP contribution in [0, 0.1) is 11.3 Å². The molecule has 0 amide bonds. The molecule has 1 fully saturated rings. The molecule has 4 heteroatoms. The zero-order chi connectivity index (χ0) is 24.4. The topological polar surface area (TPSA) is 34.1 Å². The Kier molecular flexibility index (Phi) is 6.71. The molecule has 0 aliphatic heterocycles. The first kappa shape index (κ1) is 24.1. The predicted octanol–water partition coefficient (Wildman–Crippen LogP) is 6.43. The van der Waals surface area contributed by atoms with Gasteiger partial charge in [0, 0.05) is 33.5 Å². The van der Waals surface area contributed by atoms with Crippen LogP contribution in [-0.2, 0) is 9.13 Å². The maximum atomic E-state index is 15.0. The van der Waals surface area contributed by atoms with Gasteiger partial charge in [0.15, 0.2) is 0 Å². The minimum absolute atomic E-state index is 0.331. The van der Waals surface area contributed by atoms with Gasteiger partial charge in [0.1, 0.15) is 14.3 Å². The molecule has 0 radical (unpaired) electrons. The Balaban J connectivity index is 1.62. The molecular formula is C31H32O2P2. The molecule has 0 spiro atoms. The zero-order valence-corrected chi connectivity index (χ0v) is 22.0.